The molecule has 1 unspecified atom stereocenters. The second-order valence-electron chi connectivity index (χ2n) is 7.23. The minimum atomic E-state index is -0.291. The summed E-state index contributed by atoms with van der Waals surface area (Å²) in [7, 11) is 0. The van der Waals surface area contributed by atoms with Crippen molar-refractivity contribution in [2.24, 2.45) is 4.99 Å². The van der Waals surface area contributed by atoms with Crippen LogP contribution in [-0.2, 0) is 6.61 Å². The molecule has 4 rings (SSSR count). The number of halogens is 1. The molecule has 1 aliphatic rings. The van der Waals surface area contributed by atoms with Crippen LogP contribution in [0.1, 0.15) is 48.8 Å². The Balaban J connectivity index is 1.72. The van der Waals surface area contributed by atoms with Gasteiger partial charge in [-0.2, -0.15) is 0 Å². The van der Waals surface area contributed by atoms with Gasteiger partial charge in [0.25, 0.3) is 5.56 Å². The highest BCUT2D eigenvalue weighted by molar-refractivity contribution is 8.14. The number of benzene rings is 2. The summed E-state index contributed by atoms with van der Waals surface area (Å²) in [5.74, 6) is 1.05. The normalized spacial score (nSPS) is 15.9. The molecule has 0 amide bonds. The van der Waals surface area contributed by atoms with Crippen LogP contribution in [0.15, 0.2) is 58.3 Å². The minimum absolute atomic E-state index is 0.0891. The molecular weight excluding hydrogens is 389 g/mol. The molecule has 2 heterocycles. The Morgan fingerprint density at radius 1 is 1.24 bits per heavy atom. The van der Waals surface area contributed by atoms with Crippen LogP contribution in [0.5, 0.6) is 5.75 Å². The number of nitrogens with zero attached hydrogens (tertiary/aromatic N) is 2. The molecule has 0 radical (unpaired) electrons. The molecule has 0 bridgehead atoms. The van der Waals surface area contributed by atoms with Crippen LogP contribution in [0.2, 0.25) is 0 Å². The van der Waals surface area contributed by atoms with Crippen LogP contribution < -0.4 is 10.3 Å². The summed E-state index contributed by atoms with van der Waals surface area (Å²) in [6.07, 6.45) is 0. The van der Waals surface area contributed by atoms with Crippen molar-refractivity contribution in [3.8, 4) is 5.75 Å². The number of aromatic nitrogens is 2. The third kappa shape index (κ3) is 3.87. The van der Waals surface area contributed by atoms with Crippen molar-refractivity contribution in [3.63, 3.8) is 0 Å². The van der Waals surface area contributed by atoms with Crippen molar-refractivity contribution < 1.29 is 9.13 Å². The van der Waals surface area contributed by atoms with Crippen LogP contribution >= 0.6 is 11.8 Å². The first-order chi connectivity index (χ1) is 13.9. The van der Waals surface area contributed by atoms with E-state index < -0.39 is 0 Å². The SMILES string of the molecule is CC1=Nc2c(c(=O)[nH]n2C(C)C)C(c2ccccc2OCc2cccc(F)c2)S1. The predicted molar refractivity (Wildman–Crippen MR) is 115 cm³/mol. The Morgan fingerprint density at radius 3 is 2.79 bits per heavy atom. The highest BCUT2D eigenvalue weighted by Crippen LogP contribution is 2.46. The number of nitrogens with one attached hydrogen (secondary N) is 1. The van der Waals surface area contributed by atoms with Crippen molar-refractivity contribution >= 4 is 22.6 Å². The average Bonchev–Trinajstić information content (AvgIpc) is 3.03. The molecule has 1 N–H and O–H groups in total. The lowest BCUT2D eigenvalue weighted by Gasteiger charge is -2.23. The van der Waals surface area contributed by atoms with E-state index in [1.54, 1.807) is 6.07 Å². The first-order valence-electron chi connectivity index (χ1n) is 9.46. The summed E-state index contributed by atoms with van der Waals surface area (Å²) in [5, 5.41) is 3.57. The van der Waals surface area contributed by atoms with Crippen molar-refractivity contribution in [2.75, 3.05) is 0 Å². The smallest absolute Gasteiger partial charge is 0.271 e. The lowest BCUT2D eigenvalue weighted by atomic mass is 10.0. The van der Waals surface area contributed by atoms with Crippen LogP contribution in [0.3, 0.4) is 0 Å². The summed E-state index contributed by atoms with van der Waals surface area (Å²) in [6, 6.07) is 14.1. The Morgan fingerprint density at radius 2 is 2.03 bits per heavy atom. The lowest BCUT2D eigenvalue weighted by Crippen LogP contribution is -2.14. The van der Waals surface area contributed by atoms with E-state index in [0.29, 0.717) is 17.1 Å². The van der Waals surface area contributed by atoms with E-state index in [2.05, 4.69) is 10.1 Å². The molecule has 0 spiro atoms. The first kappa shape index (κ1) is 19.5. The number of thioether (sulfide) groups is 1. The molecule has 29 heavy (non-hydrogen) atoms. The molecule has 0 aliphatic carbocycles. The van der Waals surface area contributed by atoms with E-state index in [9.17, 15) is 9.18 Å². The first-order valence-corrected chi connectivity index (χ1v) is 10.3. The second-order valence-corrected chi connectivity index (χ2v) is 8.53. The summed E-state index contributed by atoms with van der Waals surface area (Å²) in [6.45, 7) is 6.20. The van der Waals surface area contributed by atoms with Gasteiger partial charge in [-0.3, -0.25) is 14.6 Å². The zero-order chi connectivity index (χ0) is 20.5. The molecular formula is C22H22FN3O2S. The van der Waals surface area contributed by atoms with E-state index in [0.717, 1.165) is 16.2 Å². The number of ether oxygens (including phenoxy) is 1. The van der Waals surface area contributed by atoms with E-state index in [1.807, 2.05) is 55.8 Å². The standard InChI is InChI=1S/C22H22FN3O2S/c1-13(2)26-21-19(22(27)25-26)20(29-14(3)24-21)17-9-4-5-10-18(17)28-12-15-7-6-8-16(23)11-15/h4-11,13,20H,12H2,1-3H3,(H,25,27). The summed E-state index contributed by atoms with van der Waals surface area (Å²) < 4.78 is 21.3. The Bertz CT molecular complexity index is 1130. The van der Waals surface area contributed by atoms with Gasteiger partial charge < -0.3 is 4.74 Å². The maximum atomic E-state index is 13.5. The Kier molecular flexibility index (Phi) is 5.32. The van der Waals surface area contributed by atoms with Gasteiger partial charge in [-0.25, -0.2) is 9.38 Å². The van der Waals surface area contributed by atoms with Gasteiger partial charge in [0.05, 0.1) is 15.9 Å². The van der Waals surface area contributed by atoms with E-state index in [-0.39, 0.29) is 29.3 Å². The maximum absolute atomic E-state index is 13.5. The number of hydrogen-bond donors (Lipinski definition) is 1. The van der Waals surface area contributed by atoms with Gasteiger partial charge in [-0.1, -0.05) is 42.1 Å². The molecule has 1 aromatic heterocycles. The minimum Gasteiger partial charge on any atom is -0.489 e. The van der Waals surface area contributed by atoms with E-state index in [1.165, 1.54) is 23.9 Å². The number of fused-ring (bicyclic) bond motifs is 1. The monoisotopic (exact) mass is 411 g/mol. The topological polar surface area (TPSA) is 59.4 Å². The van der Waals surface area contributed by atoms with Gasteiger partial charge in [0.2, 0.25) is 0 Å². The predicted octanol–water partition coefficient (Wildman–Crippen LogP) is 5.36. The number of para-hydroxylation sites is 1. The van der Waals surface area contributed by atoms with Gasteiger partial charge in [-0.05, 0) is 44.5 Å². The molecule has 0 saturated heterocycles. The number of H-pyrrole nitrogens is 1. The fraction of sp³-hybridized carbons (Fsp3) is 0.273. The Hall–Kier alpha value is -2.80. The molecule has 0 saturated carbocycles. The molecule has 3 aromatic rings. The third-order valence-electron chi connectivity index (χ3n) is 4.75. The highest BCUT2D eigenvalue weighted by Gasteiger charge is 2.32. The van der Waals surface area contributed by atoms with Crippen LogP contribution in [0, 0.1) is 5.82 Å². The van der Waals surface area contributed by atoms with Crippen LogP contribution in [0.25, 0.3) is 0 Å². The van der Waals surface area contributed by atoms with Crippen molar-refractivity contribution in [3.05, 3.63) is 81.4 Å². The molecule has 5 nitrogen and oxygen atoms in total. The van der Waals surface area contributed by atoms with Gasteiger partial charge in [0.1, 0.15) is 18.2 Å². The van der Waals surface area contributed by atoms with E-state index >= 15 is 0 Å². The average molecular weight is 412 g/mol. The van der Waals surface area contributed by atoms with Gasteiger partial charge in [0.15, 0.2) is 5.82 Å². The zero-order valence-corrected chi connectivity index (χ0v) is 17.3. The second kappa shape index (κ2) is 7.91. The number of aromatic amines is 1. The van der Waals surface area contributed by atoms with E-state index in [4.69, 9.17) is 4.74 Å². The summed E-state index contributed by atoms with van der Waals surface area (Å²) in [5.41, 5.74) is 2.15. The third-order valence-corrected chi connectivity index (χ3v) is 5.91. The zero-order valence-electron chi connectivity index (χ0n) is 16.5. The quantitative estimate of drug-likeness (QED) is 0.615. The molecule has 7 heteroatoms. The van der Waals surface area contributed by atoms with Crippen LogP contribution in [-0.4, -0.2) is 14.8 Å². The summed E-state index contributed by atoms with van der Waals surface area (Å²) >= 11 is 1.54. The van der Waals surface area contributed by atoms with Gasteiger partial charge >= 0.3 is 0 Å². The molecule has 1 aliphatic heterocycles. The lowest BCUT2D eigenvalue weighted by molar-refractivity contribution is 0.302. The largest absolute Gasteiger partial charge is 0.489 e. The van der Waals surface area contributed by atoms with Crippen LogP contribution in [0.4, 0.5) is 10.2 Å². The number of rotatable bonds is 5. The van der Waals surface area contributed by atoms with Gasteiger partial charge in [0, 0.05) is 11.6 Å². The molecule has 150 valence electrons. The van der Waals surface area contributed by atoms with Crippen molar-refractivity contribution in [1.29, 1.82) is 0 Å². The Labute approximate surface area is 172 Å². The van der Waals surface area contributed by atoms with Crippen molar-refractivity contribution in [2.45, 2.75) is 38.7 Å². The van der Waals surface area contributed by atoms with Gasteiger partial charge in [-0.15, -0.1) is 0 Å². The summed E-state index contributed by atoms with van der Waals surface area (Å²) in [4.78, 5) is 17.4. The highest BCUT2D eigenvalue weighted by atomic mass is 32.2. The molecule has 2 aromatic carbocycles. The number of aliphatic imine (C=N–C) groups is 1. The van der Waals surface area contributed by atoms with Crippen molar-refractivity contribution in [1.82, 2.24) is 9.78 Å². The fourth-order valence-corrected chi connectivity index (χ4v) is 4.55. The fourth-order valence-electron chi connectivity index (χ4n) is 3.42. The molecule has 0 fully saturated rings. The number of hydrogen-bond acceptors (Lipinski definition) is 4. The maximum Gasteiger partial charge on any atom is 0.271 e. The molecule has 1 atom stereocenters.